The molecule has 6 nitrogen and oxygen atoms in total. The third-order valence-electron chi connectivity index (χ3n) is 1.99. The van der Waals surface area contributed by atoms with Gasteiger partial charge in [-0.3, -0.25) is 5.32 Å². The van der Waals surface area contributed by atoms with Crippen LogP contribution >= 0.6 is 0 Å². The van der Waals surface area contributed by atoms with Gasteiger partial charge in [-0.2, -0.15) is 0 Å². The molecule has 0 aromatic rings. The molecule has 0 aromatic carbocycles. The van der Waals surface area contributed by atoms with Crippen LogP contribution in [0.3, 0.4) is 0 Å². The lowest BCUT2D eigenvalue weighted by atomic mass is 9.99. The summed E-state index contributed by atoms with van der Waals surface area (Å²) in [5, 5.41) is 47.7. The molecule has 6 N–H and O–H groups in total. The zero-order chi connectivity index (χ0) is 10.6. The predicted molar refractivity (Wildman–Crippen MR) is 44.8 cm³/mol. The largest absolute Gasteiger partial charge is 0.394 e. The second kappa shape index (κ2) is 4.85. The van der Waals surface area contributed by atoms with Gasteiger partial charge in [0, 0.05) is 0 Å². The van der Waals surface area contributed by atoms with Crippen molar-refractivity contribution in [3.63, 3.8) is 0 Å². The predicted octanol–water partition coefficient (Wildman–Crippen LogP) is -3.01. The maximum Gasteiger partial charge on any atom is 0.141 e. The van der Waals surface area contributed by atoms with E-state index in [-0.39, 0.29) is 0 Å². The van der Waals surface area contributed by atoms with Crippen LogP contribution in [0.4, 0.5) is 0 Å². The van der Waals surface area contributed by atoms with Gasteiger partial charge in [0.15, 0.2) is 0 Å². The number of hydrogen-bond acceptors (Lipinski definition) is 6. The highest BCUT2D eigenvalue weighted by molar-refractivity contribution is 4.86. The molecule has 0 spiro atoms. The van der Waals surface area contributed by atoms with E-state index in [9.17, 15) is 15.3 Å². The molecule has 4 atom stereocenters. The van der Waals surface area contributed by atoms with Crippen molar-refractivity contribution in [1.82, 2.24) is 5.32 Å². The van der Waals surface area contributed by atoms with Crippen molar-refractivity contribution in [2.45, 2.75) is 31.0 Å². The molecule has 13 heavy (non-hydrogen) atoms. The number of likely N-dealkylation sites (N-methyl/N-ethyl adjacent to an activating group) is 1. The van der Waals surface area contributed by atoms with E-state index in [2.05, 4.69) is 5.32 Å². The van der Waals surface area contributed by atoms with E-state index in [1.54, 1.807) is 0 Å². The molecule has 0 unspecified atom stereocenters. The summed E-state index contributed by atoms with van der Waals surface area (Å²) in [6, 6.07) is 0. The van der Waals surface area contributed by atoms with Crippen molar-refractivity contribution in [1.29, 1.82) is 0 Å². The zero-order valence-corrected chi connectivity index (χ0v) is 7.68. The highest BCUT2D eigenvalue weighted by Gasteiger charge is 2.37. The molecule has 0 aliphatic heterocycles. The second-order valence-electron chi connectivity index (χ2n) is 3.08. The molecule has 0 aliphatic rings. The van der Waals surface area contributed by atoms with Crippen LogP contribution in [0.15, 0.2) is 0 Å². The van der Waals surface area contributed by atoms with Crippen molar-refractivity contribution in [2.75, 3.05) is 13.7 Å². The molecule has 0 saturated carbocycles. The van der Waals surface area contributed by atoms with Gasteiger partial charge in [0.25, 0.3) is 0 Å². The van der Waals surface area contributed by atoms with Gasteiger partial charge in [-0.25, -0.2) is 0 Å². The Morgan fingerprint density at radius 3 is 2.08 bits per heavy atom. The van der Waals surface area contributed by atoms with Gasteiger partial charge in [0.1, 0.15) is 24.0 Å². The smallest absolute Gasteiger partial charge is 0.141 e. The van der Waals surface area contributed by atoms with Crippen LogP contribution in [0.25, 0.3) is 0 Å². The van der Waals surface area contributed by atoms with Crippen LogP contribution in [0.2, 0.25) is 0 Å². The first-order valence-electron chi connectivity index (χ1n) is 3.93. The summed E-state index contributed by atoms with van der Waals surface area (Å²) in [6.07, 6.45) is -4.66. The van der Waals surface area contributed by atoms with E-state index in [0.717, 1.165) is 0 Å². The summed E-state index contributed by atoms with van der Waals surface area (Å²) in [5.41, 5.74) is -1.71. The van der Waals surface area contributed by atoms with Gasteiger partial charge in [0.2, 0.25) is 0 Å². The quantitative estimate of drug-likeness (QED) is 0.260. The van der Waals surface area contributed by atoms with Gasteiger partial charge in [-0.05, 0) is 14.0 Å². The van der Waals surface area contributed by atoms with Crippen LogP contribution < -0.4 is 5.32 Å². The Labute approximate surface area is 76.4 Å². The van der Waals surface area contributed by atoms with E-state index in [1.807, 2.05) is 0 Å². The third kappa shape index (κ3) is 3.18. The van der Waals surface area contributed by atoms with Crippen molar-refractivity contribution >= 4 is 0 Å². The molecule has 0 heterocycles. The van der Waals surface area contributed by atoms with Crippen molar-refractivity contribution < 1.29 is 25.5 Å². The highest BCUT2D eigenvalue weighted by atomic mass is 16.4. The lowest BCUT2D eigenvalue weighted by Crippen LogP contribution is -2.58. The van der Waals surface area contributed by atoms with Gasteiger partial charge in [-0.15, -0.1) is 0 Å². The monoisotopic (exact) mass is 195 g/mol. The zero-order valence-electron chi connectivity index (χ0n) is 7.68. The Kier molecular flexibility index (Phi) is 4.76. The summed E-state index contributed by atoms with van der Waals surface area (Å²) in [4.78, 5) is 0. The highest BCUT2D eigenvalue weighted by Crippen LogP contribution is 2.11. The Hall–Kier alpha value is -0.240. The molecular formula is C7H17NO5. The molecule has 0 rings (SSSR count). The van der Waals surface area contributed by atoms with Crippen LogP contribution in [0, 0.1) is 0 Å². The molecule has 0 saturated heterocycles. The van der Waals surface area contributed by atoms with Gasteiger partial charge >= 0.3 is 0 Å². The number of aliphatic hydroxyl groups excluding tert-OH is 4. The maximum absolute atomic E-state index is 9.39. The average Bonchev–Trinajstić information content (AvgIpc) is 2.14. The third-order valence-corrected chi connectivity index (χ3v) is 1.99. The molecule has 0 amide bonds. The molecule has 0 aliphatic carbocycles. The lowest BCUT2D eigenvalue weighted by molar-refractivity contribution is -0.161. The molecule has 0 radical (unpaired) electrons. The van der Waals surface area contributed by atoms with Crippen LogP contribution in [-0.2, 0) is 0 Å². The van der Waals surface area contributed by atoms with E-state index in [4.69, 9.17) is 10.2 Å². The molecule has 0 aromatic heterocycles. The fourth-order valence-corrected chi connectivity index (χ4v) is 0.799. The van der Waals surface area contributed by atoms with E-state index in [1.165, 1.54) is 14.0 Å². The fraction of sp³-hybridized carbons (Fsp3) is 1.00. The summed E-state index contributed by atoms with van der Waals surface area (Å²) in [7, 11) is 1.39. The van der Waals surface area contributed by atoms with Crippen LogP contribution in [0.1, 0.15) is 6.92 Å². The van der Waals surface area contributed by atoms with Crippen molar-refractivity contribution in [2.24, 2.45) is 0 Å². The summed E-state index contributed by atoms with van der Waals surface area (Å²) >= 11 is 0. The Bertz CT molecular complexity index is 152. The lowest BCUT2D eigenvalue weighted by Gasteiger charge is -2.33. The Morgan fingerprint density at radius 2 is 1.77 bits per heavy atom. The summed E-state index contributed by atoms with van der Waals surface area (Å²) in [5.74, 6) is 0. The second-order valence-corrected chi connectivity index (χ2v) is 3.08. The number of nitrogens with one attached hydrogen (secondary N) is 1. The maximum atomic E-state index is 9.39. The molecular weight excluding hydrogens is 178 g/mol. The van der Waals surface area contributed by atoms with Gasteiger partial charge in [-0.1, -0.05) is 0 Å². The number of rotatable bonds is 5. The Morgan fingerprint density at radius 1 is 1.31 bits per heavy atom. The first-order valence-corrected chi connectivity index (χ1v) is 3.93. The van der Waals surface area contributed by atoms with Gasteiger partial charge in [0.05, 0.1) is 6.61 Å². The number of hydrogen-bond donors (Lipinski definition) is 6. The molecule has 6 heteroatoms. The van der Waals surface area contributed by atoms with E-state index in [0.29, 0.717) is 0 Å². The minimum atomic E-state index is -1.71. The minimum absolute atomic E-state index is 0.683. The first kappa shape index (κ1) is 12.8. The van der Waals surface area contributed by atoms with Crippen LogP contribution in [0.5, 0.6) is 0 Å². The molecule has 80 valence electrons. The normalized spacial score (nSPS) is 23.3. The minimum Gasteiger partial charge on any atom is -0.394 e. The van der Waals surface area contributed by atoms with Crippen molar-refractivity contribution in [3.8, 4) is 0 Å². The van der Waals surface area contributed by atoms with E-state index < -0.39 is 30.6 Å². The number of aliphatic hydroxyl groups is 5. The standard InChI is InChI=1S/C7H17NO5/c1-7(13,8-2)6(12)5(11)4(10)3-9/h4-6,8-13H,3H2,1-2H3/t4-,5-,6+,7+/m1/s1. The molecule has 0 bridgehead atoms. The average molecular weight is 195 g/mol. The fourth-order valence-electron chi connectivity index (χ4n) is 0.799. The van der Waals surface area contributed by atoms with Gasteiger partial charge < -0.3 is 25.5 Å². The summed E-state index contributed by atoms with van der Waals surface area (Å²) < 4.78 is 0. The SMILES string of the molecule is CN[C@@](C)(O)[C@@H](O)[C@H](O)[C@H](O)CO. The molecule has 0 fully saturated rings. The Balaban J connectivity index is 4.32. The first-order chi connectivity index (χ1) is 5.86. The van der Waals surface area contributed by atoms with Crippen LogP contribution in [-0.4, -0.2) is 63.2 Å². The van der Waals surface area contributed by atoms with Crippen molar-refractivity contribution in [3.05, 3.63) is 0 Å². The topological polar surface area (TPSA) is 113 Å². The summed E-state index contributed by atoms with van der Waals surface area (Å²) in [6.45, 7) is 0.559. The van der Waals surface area contributed by atoms with E-state index >= 15 is 0 Å².